The molecule has 0 atom stereocenters. The Kier molecular flexibility index (Phi) is 5.72. The Morgan fingerprint density at radius 3 is 2.00 bits per heavy atom. The molecule has 5 nitrogen and oxygen atoms in total. The van der Waals surface area contributed by atoms with Gasteiger partial charge in [0.15, 0.2) is 0 Å². The molecular weight excluding hydrogens is 369 g/mol. The van der Waals surface area contributed by atoms with E-state index < -0.39 is 27.7 Å². The number of alkyl halides is 3. The summed E-state index contributed by atoms with van der Waals surface area (Å²) in [5, 5.41) is 2.57. The van der Waals surface area contributed by atoms with E-state index in [1.165, 1.54) is 50.5 Å². The number of anilines is 1. The molecule has 26 heavy (non-hydrogen) atoms. The smallest absolute Gasteiger partial charge is 0.326 e. The summed E-state index contributed by atoms with van der Waals surface area (Å²) in [5.41, 5.74) is 0.0428. The Morgan fingerprint density at radius 1 is 1.00 bits per heavy atom. The van der Waals surface area contributed by atoms with Gasteiger partial charge in [-0.3, -0.25) is 4.79 Å². The first kappa shape index (κ1) is 19.9. The van der Waals surface area contributed by atoms with Crippen molar-refractivity contribution in [2.75, 3.05) is 19.4 Å². The number of nitrogens with one attached hydrogen (secondary N) is 1. The van der Waals surface area contributed by atoms with Gasteiger partial charge < -0.3 is 5.32 Å². The van der Waals surface area contributed by atoms with Crippen LogP contribution < -0.4 is 5.32 Å². The highest BCUT2D eigenvalue weighted by Crippen LogP contribution is 2.29. The zero-order chi connectivity index (χ0) is 19.5. The molecule has 0 saturated heterocycles. The zero-order valence-electron chi connectivity index (χ0n) is 14.0. The molecule has 0 aliphatic rings. The lowest BCUT2D eigenvalue weighted by molar-refractivity contribution is -0.137. The van der Waals surface area contributed by atoms with E-state index in [2.05, 4.69) is 5.32 Å². The Labute approximate surface area is 149 Å². The Bertz CT molecular complexity index is 875. The van der Waals surface area contributed by atoms with Crippen LogP contribution in [-0.4, -0.2) is 32.7 Å². The van der Waals surface area contributed by atoms with Crippen LogP contribution in [0.3, 0.4) is 0 Å². The Hall–Kier alpha value is -2.39. The summed E-state index contributed by atoms with van der Waals surface area (Å²) in [5.74, 6) is -0.423. The van der Waals surface area contributed by atoms with Gasteiger partial charge in [0.1, 0.15) is 0 Å². The van der Waals surface area contributed by atoms with E-state index >= 15 is 0 Å². The first-order chi connectivity index (χ1) is 12.0. The van der Waals surface area contributed by atoms with Gasteiger partial charge in [-0.15, -0.1) is 0 Å². The van der Waals surface area contributed by atoms with Gasteiger partial charge in [-0.1, -0.05) is 12.1 Å². The summed E-state index contributed by atoms with van der Waals surface area (Å²) in [6.07, 6.45) is -4.52. The number of nitrogens with zero attached hydrogens (tertiary/aromatic N) is 1. The van der Waals surface area contributed by atoms with E-state index in [9.17, 15) is 26.4 Å². The van der Waals surface area contributed by atoms with E-state index in [-0.39, 0.29) is 11.3 Å². The third-order valence-electron chi connectivity index (χ3n) is 3.56. The predicted octanol–water partition coefficient (Wildman–Crippen LogP) is 3.14. The number of carbonyl (C=O) groups excluding carboxylic acids is 1. The molecule has 140 valence electrons. The maximum absolute atomic E-state index is 12.5. The quantitative estimate of drug-likeness (QED) is 0.859. The highest BCUT2D eigenvalue weighted by molar-refractivity contribution is 7.89. The average molecular weight is 386 g/mol. The number of amides is 1. The van der Waals surface area contributed by atoms with E-state index in [1.54, 1.807) is 0 Å². The number of benzene rings is 2. The van der Waals surface area contributed by atoms with Crippen molar-refractivity contribution in [3.8, 4) is 0 Å². The molecule has 0 spiro atoms. The van der Waals surface area contributed by atoms with Gasteiger partial charge in [-0.05, 0) is 42.0 Å². The van der Waals surface area contributed by atoms with Crippen LogP contribution in [0.1, 0.15) is 11.1 Å². The number of hydrogen-bond donors (Lipinski definition) is 1. The molecule has 0 unspecified atom stereocenters. The summed E-state index contributed by atoms with van der Waals surface area (Å²) >= 11 is 0. The third-order valence-corrected chi connectivity index (χ3v) is 5.39. The predicted molar refractivity (Wildman–Crippen MR) is 91.1 cm³/mol. The second-order valence-corrected chi connectivity index (χ2v) is 7.88. The summed E-state index contributed by atoms with van der Waals surface area (Å²) < 4.78 is 62.5. The average Bonchev–Trinajstić information content (AvgIpc) is 2.54. The molecule has 0 fully saturated rings. The number of rotatable bonds is 5. The van der Waals surface area contributed by atoms with Crippen LogP contribution >= 0.6 is 0 Å². The monoisotopic (exact) mass is 386 g/mol. The first-order valence-electron chi connectivity index (χ1n) is 7.49. The van der Waals surface area contributed by atoms with Gasteiger partial charge >= 0.3 is 6.18 Å². The maximum atomic E-state index is 12.5. The molecule has 9 heteroatoms. The standard InChI is InChI=1S/C17H17F3N2O3S/c1-22(2)26(24,25)15-9-7-14(8-10-15)21-16(23)11-12-3-5-13(6-4-12)17(18,19)20/h3-10H,11H2,1-2H3,(H,21,23). The van der Waals surface area contributed by atoms with Crippen LogP contribution in [0.15, 0.2) is 53.4 Å². The van der Waals surface area contributed by atoms with Crippen LogP contribution in [0.4, 0.5) is 18.9 Å². The van der Waals surface area contributed by atoms with E-state index in [0.29, 0.717) is 11.3 Å². The van der Waals surface area contributed by atoms with Gasteiger partial charge in [-0.25, -0.2) is 12.7 Å². The van der Waals surface area contributed by atoms with Crippen molar-refractivity contribution in [3.05, 3.63) is 59.7 Å². The SMILES string of the molecule is CN(C)S(=O)(=O)c1ccc(NC(=O)Cc2ccc(C(F)(F)F)cc2)cc1. The second-order valence-electron chi connectivity index (χ2n) is 5.73. The lowest BCUT2D eigenvalue weighted by Gasteiger charge is -2.12. The fourth-order valence-electron chi connectivity index (χ4n) is 2.12. The Morgan fingerprint density at radius 2 is 1.54 bits per heavy atom. The van der Waals surface area contributed by atoms with Crippen molar-refractivity contribution in [2.45, 2.75) is 17.5 Å². The van der Waals surface area contributed by atoms with Gasteiger partial charge in [0.2, 0.25) is 15.9 Å². The number of sulfonamides is 1. The maximum Gasteiger partial charge on any atom is 0.416 e. The second kappa shape index (κ2) is 7.46. The van der Waals surface area contributed by atoms with Crippen molar-refractivity contribution < 1.29 is 26.4 Å². The lowest BCUT2D eigenvalue weighted by atomic mass is 10.1. The minimum absolute atomic E-state index is 0.0863. The molecule has 0 aromatic heterocycles. The summed E-state index contributed by atoms with van der Waals surface area (Å²) in [6.45, 7) is 0. The fraction of sp³-hybridized carbons (Fsp3) is 0.235. The van der Waals surface area contributed by atoms with Gasteiger partial charge in [0.25, 0.3) is 0 Å². The molecule has 2 aromatic rings. The van der Waals surface area contributed by atoms with Crippen molar-refractivity contribution in [3.63, 3.8) is 0 Å². The molecule has 0 aliphatic carbocycles. The lowest BCUT2D eigenvalue weighted by Crippen LogP contribution is -2.22. The zero-order valence-corrected chi connectivity index (χ0v) is 14.9. The molecule has 2 rings (SSSR count). The van der Waals surface area contributed by atoms with Crippen LogP contribution in [0.5, 0.6) is 0 Å². The van der Waals surface area contributed by atoms with Crippen LogP contribution in [-0.2, 0) is 27.4 Å². The highest BCUT2D eigenvalue weighted by atomic mass is 32.2. The van der Waals surface area contributed by atoms with Crippen molar-refractivity contribution in [1.29, 1.82) is 0 Å². The molecule has 2 aromatic carbocycles. The van der Waals surface area contributed by atoms with Crippen LogP contribution in [0.25, 0.3) is 0 Å². The number of carbonyl (C=O) groups is 1. The van der Waals surface area contributed by atoms with Gasteiger partial charge in [0, 0.05) is 19.8 Å². The topological polar surface area (TPSA) is 66.5 Å². The van der Waals surface area contributed by atoms with Crippen molar-refractivity contribution >= 4 is 21.6 Å². The summed E-state index contributed by atoms with van der Waals surface area (Å²) in [7, 11) is -0.735. The number of hydrogen-bond acceptors (Lipinski definition) is 3. The Balaban J connectivity index is 2.02. The normalized spacial score (nSPS) is 12.2. The van der Waals surface area contributed by atoms with Crippen LogP contribution in [0.2, 0.25) is 0 Å². The van der Waals surface area contributed by atoms with Gasteiger partial charge in [0.05, 0.1) is 16.9 Å². The van der Waals surface area contributed by atoms with E-state index in [1.807, 2.05) is 0 Å². The molecule has 0 radical (unpaired) electrons. The molecule has 0 bridgehead atoms. The third kappa shape index (κ3) is 4.83. The minimum atomic E-state index is -4.42. The first-order valence-corrected chi connectivity index (χ1v) is 8.93. The number of halogens is 3. The van der Waals surface area contributed by atoms with Crippen LogP contribution in [0, 0.1) is 0 Å². The minimum Gasteiger partial charge on any atom is -0.326 e. The molecule has 0 saturated carbocycles. The fourth-order valence-corrected chi connectivity index (χ4v) is 3.02. The van der Waals surface area contributed by atoms with Crippen molar-refractivity contribution in [1.82, 2.24) is 4.31 Å². The van der Waals surface area contributed by atoms with E-state index in [0.717, 1.165) is 16.4 Å². The van der Waals surface area contributed by atoms with Crippen molar-refractivity contribution in [2.24, 2.45) is 0 Å². The van der Waals surface area contributed by atoms with E-state index in [4.69, 9.17) is 0 Å². The molecule has 1 N–H and O–H groups in total. The molecular formula is C17H17F3N2O3S. The molecule has 1 amide bonds. The molecule has 0 heterocycles. The highest BCUT2D eigenvalue weighted by Gasteiger charge is 2.29. The largest absolute Gasteiger partial charge is 0.416 e. The van der Waals surface area contributed by atoms with Gasteiger partial charge in [-0.2, -0.15) is 13.2 Å². The molecule has 0 aliphatic heterocycles. The summed E-state index contributed by atoms with van der Waals surface area (Å²) in [6, 6.07) is 9.95. The summed E-state index contributed by atoms with van der Waals surface area (Å²) in [4.78, 5) is 12.1.